The van der Waals surface area contributed by atoms with E-state index in [0.29, 0.717) is 18.0 Å². The molecule has 1 aromatic rings. The molecule has 1 amide bonds. The summed E-state index contributed by atoms with van der Waals surface area (Å²) in [6.07, 6.45) is 1.67. The fourth-order valence-corrected chi connectivity index (χ4v) is 1.46. The molecular formula is C14H18BrNO2. The van der Waals surface area contributed by atoms with Gasteiger partial charge in [0.1, 0.15) is 12.4 Å². The van der Waals surface area contributed by atoms with Gasteiger partial charge in [-0.2, -0.15) is 0 Å². The summed E-state index contributed by atoms with van der Waals surface area (Å²) in [6.45, 7) is 7.98. The zero-order valence-corrected chi connectivity index (χ0v) is 12.2. The topological polar surface area (TPSA) is 38.3 Å². The molecule has 0 fully saturated rings. The first-order chi connectivity index (χ1) is 8.56. The highest BCUT2D eigenvalue weighted by atomic mass is 79.9. The van der Waals surface area contributed by atoms with E-state index in [1.165, 1.54) is 0 Å². The first-order valence-electron chi connectivity index (χ1n) is 5.84. The van der Waals surface area contributed by atoms with Crippen molar-refractivity contribution in [2.45, 2.75) is 18.7 Å². The average molecular weight is 312 g/mol. The molecule has 0 aromatic heterocycles. The van der Waals surface area contributed by atoms with Crippen LogP contribution >= 0.6 is 15.9 Å². The van der Waals surface area contributed by atoms with Crippen LogP contribution in [0.3, 0.4) is 0 Å². The molecule has 1 N–H and O–H groups in total. The molecule has 0 aliphatic carbocycles. The summed E-state index contributed by atoms with van der Waals surface area (Å²) in [5, 5.41) is 2.86. The highest BCUT2D eigenvalue weighted by Crippen LogP contribution is 2.25. The van der Waals surface area contributed by atoms with Gasteiger partial charge in [-0.25, -0.2) is 0 Å². The van der Waals surface area contributed by atoms with Crippen molar-refractivity contribution in [3.63, 3.8) is 0 Å². The molecule has 4 heteroatoms. The Kier molecular flexibility index (Phi) is 5.92. The SMILES string of the molecule is C=CCOc1ccccc1NC(=O)C(Br)C(C)C. The molecule has 1 unspecified atom stereocenters. The molecule has 0 heterocycles. The van der Waals surface area contributed by atoms with Crippen LogP contribution in [0.5, 0.6) is 5.75 Å². The van der Waals surface area contributed by atoms with Crippen LogP contribution in [-0.2, 0) is 4.79 Å². The van der Waals surface area contributed by atoms with Gasteiger partial charge in [0.05, 0.1) is 10.5 Å². The molecular weight excluding hydrogens is 294 g/mol. The van der Waals surface area contributed by atoms with Crippen LogP contribution in [0.2, 0.25) is 0 Å². The van der Waals surface area contributed by atoms with E-state index in [1.807, 2.05) is 38.1 Å². The predicted octanol–water partition coefficient (Wildman–Crippen LogP) is 3.61. The average Bonchev–Trinajstić information content (AvgIpc) is 2.36. The predicted molar refractivity (Wildman–Crippen MR) is 78.3 cm³/mol. The van der Waals surface area contributed by atoms with Crippen molar-refractivity contribution < 1.29 is 9.53 Å². The van der Waals surface area contributed by atoms with Crippen LogP contribution in [0, 0.1) is 5.92 Å². The Morgan fingerprint density at radius 3 is 2.78 bits per heavy atom. The maximum absolute atomic E-state index is 11.9. The second kappa shape index (κ2) is 7.21. The van der Waals surface area contributed by atoms with Gasteiger partial charge in [0, 0.05) is 0 Å². The van der Waals surface area contributed by atoms with Crippen molar-refractivity contribution >= 4 is 27.5 Å². The number of carbonyl (C=O) groups excluding carboxylic acids is 1. The number of hydrogen-bond donors (Lipinski definition) is 1. The number of halogens is 1. The van der Waals surface area contributed by atoms with Gasteiger partial charge in [0.2, 0.25) is 5.91 Å². The molecule has 3 nitrogen and oxygen atoms in total. The third kappa shape index (κ3) is 4.18. The molecule has 0 spiro atoms. The monoisotopic (exact) mass is 311 g/mol. The number of amides is 1. The van der Waals surface area contributed by atoms with E-state index >= 15 is 0 Å². The maximum atomic E-state index is 11.9. The fourth-order valence-electron chi connectivity index (χ4n) is 1.35. The number of ether oxygens (including phenoxy) is 1. The minimum atomic E-state index is -0.218. The Balaban J connectivity index is 2.77. The second-order valence-corrected chi connectivity index (χ2v) is 5.22. The molecule has 0 radical (unpaired) electrons. The zero-order chi connectivity index (χ0) is 13.5. The van der Waals surface area contributed by atoms with E-state index < -0.39 is 0 Å². The molecule has 0 aliphatic rings. The summed E-state index contributed by atoms with van der Waals surface area (Å²) in [5.74, 6) is 0.806. The Bertz CT molecular complexity index is 418. The van der Waals surface area contributed by atoms with E-state index in [1.54, 1.807) is 6.08 Å². The number of carbonyl (C=O) groups is 1. The largest absolute Gasteiger partial charge is 0.487 e. The molecule has 0 saturated carbocycles. The van der Waals surface area contributed by atoms with Gasteiger partial charge in [-0.05, 0) is 18.1 Å². The Labute approximate surface area is 116 Å². The lowest BCUT2D eigenvalue weighted by Gasteiger charge is -2.16. The van der Waals surface area contributed by atoms with Crippen molar-refractivity contribution in [3.8, 4) is 5.75 Å². The van der Waals surface area contributed by atoms with E-state index in [-0.39, 0.29) is 16.7 Å². The number of hydrogen-bond acceptors (Lipinski definition) is 2. The quantitative estimate of drug-likeness (QED) is 0.644. The van der Waals surface area contributed by atoms with Crippen LogP contribution in [0.25, 0.3) is 0 Å². The normalized spacial score (nSPS) is 12.0. The lowest BCUT2D eigenvalue weighted by atomic mass is 10.1. The number of para-hydroxylation sites is 2. The molecule has 1 aromatic carbocycles. The summed E-state index contributed by atoms with van der Waals surface area (Å²) in [5.41, 5.74) is 0.675. The van der Waals surface area contributed by atoms with E-state index in [4.69, 9.17) is 4.74 Å². The number of alkyl halides is 1. The Morgan fingerprint density at radius 2 is 2.17 bits per heavy atom. The van der Waals surface area contributed by atoms with Gasteiger partial charge in [-0.1, -0.05) is 54.6 Å². The van der Waals surface area contributed by atoms with Crippen molar-refractivity contribution in [2.24, 2.45) is 5.92 Å². The number of benzene rings is 1. The fraction of sp³-hybridized carbons (Fsp3) is 0.357. The third-order valence-electron chi connectivity index (χ3n) is 2.34. The maximum Gasteiger partial charge on any atom is 0.238 e. The van der Waals surface area contributed by atoms with Crippen molar-refractivity contribution in [1.82, 2.24) is 0 Å². The minimum Gasteiger partial charge on any atom is -0.487 e. The minimum absolute atomic E-state index is 0.0698. The highest BCUT2D eigenvalue weighted by molar-refractivity contribution is 9.10. The molecule has 0 aliphatic heterocycles. The van der Waals surface area contributed by atoms with E-state index in [0.717, 1.165) is 0 Å². The molecule has 1 rings (SSSR count). The van der Waals surface area contributed by atoms with Crippen molar-refractivity contribution in [2.75, 3.05) is 11.9 Å². The first-order valence-corrected chi connectivity index (χ1v) is 6.75. The molecule has 98 valence electrons. The summed E-state index contributed by atoms with van der Waals surface area (Å²) in [4.78, 5) is 11.7. The standard InChI is InChI=1S/C14H18BrNO2/c1-4-9-18-12-8-6-5-7-11(12)16-14(17)13(15)10(2)3/h4-8,10,13H,1,9H2,2-3H3,(H,16,17). The summed E-state index contributed by atoms with van der Waals surface area (Å²) in [7, 11) is 0. The van der Waals surface area contributed by atoms with Crippen LogP contribution in [0.1, 0.15) is 13.8 Å². The Morgan fingerprint density at radius 1 is 1.50 bits per heavy atom. The Hall–Kier alpha value is -1.29. The molecule has 0 saturated heterocycles. The van der Waals surface area contributed by atoms with Gasteiger partial charge in [-0.3, -0.25) is 4.79 Å². The number of anilines is 1. The van der Waals surface area contributed by atoms with E-state index in [9.17, 15) is 4.79 Å². The number of nitrogens with one attached hydrogen (secondary N) is 1. The first kappa shape index (κ1) is 14.8. The molecule has 18 heavy (non-hydrogen) atoms. The van der Waals surface area contributed by atoms with Gasteiger partial charge >= 0.3 is 0 Å². The van der Waals surface area contributed by atoms with Gasteiger partial charge in [0.15, 0.2) is 0 Å². The lowest BCUT2D eigenvalue weighted by Crippen LogP contribution is -2.27. The zero-order valence-electron chi connectivity index (χ0n) is 10.7. The third-order valence-corrected chi connectivity index (χ3v) is 3.81. The van der Waals surface area contributed by atoms with Gasteiger partial charge in [0.25, 0.3) is 0 Å². The molecule has 1 atom stereocenters. The van der Waals surface area contributed by atoms with Crippen LogP contribution in [0.15, 0.2) is 36.9 Å². The number of rotatable bonds is 6. The summed E-state index contributed by atoms with van der Waals surface area (Å²) in [6, 6.07) is 7.35. The van der Waals surface area contributed by atoms with Crippen LogP contribution < -0.4 is 10.1 Å². The van der Waals surface area contributed by atoms with Crippen molar-refractivity contribution in [1.29, 1.82) is 0 Å². The lowest BCUT2D eigenvalue weighted by molar-refractivity contribution is -0.116. The second-order valence-electron chi connectivity index (χ2n) is 4.23. The smallest absolute Gasteiger partial charge is 0.238 e. The van der Waals surface area contributed by atoms with Crippen LogP contribution in [0.4, 0.5) is 5.69 Å². The van der Waals surface area contributed by atoms with E-state index in [2.05, 4.69) is 27.8 Å². The summed E-state index contributed by atoms with van der Waals surface area (Å²) >= 11 is 3.37. The van der Waals surface area contributed by atoms with Gasteiger partial charge < -0.3 is 10.1 Å². The highest BCUT2D eigenvalue weighted by Gasteiger charge is 2.19. The van der Waals surface area contributed by atoms with Crippen LogP contribution in [-0.4, -0.2) is 17.3 Å². The molecule has 0 bridgehead atoms. The van der Waals surface area contributed by atoms with Gasteiger partial charge in [-0.15, -0.1) is 0 Å². The van der Waals surface area contributed by atoms with Crippen molar-refractivity contribution in [3.05, 3.63) is 36.9 Å². The summed E-state index contributed by atoms with van der Waals surface area (Å²) < 4.78 is 5.48.